The number of benzene rings is 1. The van der Waals surface area contributed by atoms with E-state index in [0.717, 1.165) is 44.3 Å². The minimum Gasteiger partial charge on any atom is -0.185 e. The smallest absolute Gasteiger partial charge is 0.185 e. The lowest BCUT2D eigenvalue weighted by Crippen LogP contribution is -2.08. The van der Waals surface area contributed by atoms with Gasteiger partial charge in [0.1, 0.15) is 5.40 Å². The van der Waals surface area contributed by atoms with Crippen LogP contribution in [-0.4, -0.2) is 5.75 Å². The predicted molar refractivity (Wildman–Crippen MR) is 90.2 cm³/mol. The van der Waals surface area contributed by atoms with Gasteiger partial charge in [0.15, 0.2) is 0 Å². The van der Waals surface area contributed by atoms with E-state index in [-0.39, 0.29) is 0 Å². The van der Waals surface area contributed by atoms with Crippen molar-refractivity contribution in [3.8, 4) is 5.40 Å². The molecule has 0 aliphatic carbocycles. The molecular weight excluding hydrogens is 319 g/mol. The van der Waals surface area contributed by atoms with E-state index in [2.05, 4.69) is 5.40 Å². The van der Waals surface area contributed by atoms with Gasteiger partial charge in [-0.15, -0.1) is 0 Å². The Labute approximate surface area is 141 Å². The van der Waals surface area contributed by atoms with Crippen LogP contribution in [0.3, 0.4) is 0 Å². The fourth-order valence-corrected chi connectivity index (χ4v) is 3.05. The van der Waals surface area contributed by atoms with E-state index < -0.39 is 11.7 Å². The van der Waals surface area contributed by atoms with Crippen molar-refractivity contribution in [2.24, 2.45) is 0 Å². The van der Waals surface area contributed by atoms with Crippen LogP contribution < -0.4 is 0 Å². The molecule has 0 amide bonds. The normalized spacial score (nSPS) is 11.4. The number of thiocyanates is 1. The van der Waals surface area contributed by atoms with Gasteiger partial charge in [-0.05, 0) is 42.7 Å². The number of hydrogen-bond acceptors (Lipinski definition) is 2. The summed E-state index contributed by atoms with van der Waals surface area (Å²) in [5.74, 6) is 0.912. The first-order chi connectivity index (χ1) is 11.1. The first-order valence-corrected chi connectivity index (χ1v) is 9.20. The number of unbranched alkanes of at least 4 members (excludes halogenated alkanes) is 7. The third kappa shape index (κ3) is 8.90. The maximum Gasteiger partial charge on any atom is 0.416 e. The summed E-state index contributed by atoms with van der Waals surface area (Å²) >= 11 is 1.31. The van der Waals surface area contributed by atoms with Crippen molar-refractivity contribution in [2.75, 3.05) is 5.75 Å². The Morgan fingerprint density at radius 2 is 1.43 bits per heavy atom. The molecule has 1 aromatic rings. The summed E-state index contributed by atoms with van der Waals surface area (Å²) in [5, 5.41) is 10.4. The third-order valence-electron chi connectivity index (χ3n) is 3.83. The highest BCUT2D eigenvalue weighted by Crippen LogP contribution is 2.32. The molecule has 0 spiro atoms. The van der Waals surface area contributed by atoms with E-state index in [1.54, 1.807) is 12.1 Å². The second kappa shape index (κ2) is 11.4. The lowest BCUT2D eigenvalue weighted by molar-refractivity contribution is -0.138. The standard InChI is InChI=1S/C18H24F3NS/c19-18(20,21)17-13-9-8-12-16(17)11-7-5-3-1-2-4-6-10-14-23-15-22/h8-9,12-13H,1-7,10-11,14H2. The van der Waals surface area contributed by atoms with Gasteiger partial charge in [0, 0.05) is 5.75 Å². The molecule has 1 aromatic carbocycles. The summed E-state index contributed by atoms with van der Waals surface area (Å²) in [4.78, 5) is 0. The molecule has 0 aliphatic rings. The monoisotopic (exact) mass is 343 g/mol. The predicted octanol–water partition coefficient (Wildman–Crippen LogP) is 6.58. The first-order valence-electron chi connectivity index (χ1n) is 8.21. The van der Waals surface area contributed by atoms with Crippen molar-refractivity contribution in [1.29, 1.82) is 5.26 Å². The fraction of sp³-hybridized carbons (Fsp3) is 0.611. The van der Waals surface area contributed by atoms with Gasteiger partial charge in [-0.25, -0.2) is 0 Å². The van der Waals surface area contributed by atoms with E-state index in [9.17, 15) is 13.2 Å². The highest BCUT2D eigenvalue weighted by Gasteiger charge is 2.32. The van der Waals surface area contributed by atoms with Crippen LogP contribution in [0.25, 0.3) is 0 Å². The molecule has 0 radical (unpaired) electrons. The minimum atomic E-state index is -4.25. The molecule has 1 nitrogen and oxygen atoms in total. The SMILES string of the molecule is N#CSCCCCCCCCCCc1ccccc1C(F)(F)F. The van der Waals surface area contributed by atoms with Crippen LogP contribution >= 0.6 is 11.8 Å². The first kappa shape index (κ1) is 19.9. The Hall–Kier alpha value is -1.15. The van der Waals surface area contributed by atoms with Crippen molar-refractivity contribution in [2.45, 2.75) is 64.0 Å². The molecule has 0 unspecified atom stereocenters. The van der Waals surface area contributed by atoms with Crippen LogP contribution in [0.2, 0.25) is 0 Å². The number of alkyl halides is 3. The van der Waals surface area contributed by atoms with Gasteiger partial charge in [0.05, 0.1) is 5.56 Å². The zero-order chi connectivity index (χ0) is 17.0. The summed E-state index contributed by atoms with van der Waals surface area (Å²) in [6.45, 7) is 0. The van der Waals surface area contributed by atoms with Crippen molar-refractivity contribution in [3.05, 3.63) is 35.4 Å². The molecule has 0 atom stereocenters. The molecule has 5 heteroatoms. The Morgan fingerprint density at radius 1 is 0.870 bits per heavy atom. The Bertz CT molecular complexity index is 480. The third-order valence-corrected chi connectivity index (χ3v) is 4.45. The average molecular weight is 343 g/mol. The van der Waals surface area contributed by atoms with Gasteiger partial charge in [-0.2, -0.15) is 18.4 Å². The number of thioether (sulfide) groups is 1. The van der Waals surface area contributed by atoms with E-state index in [4.69, 9.17) is 5.26 Å². The van der Waals surface area contributed by atoms with Crippen LogP contribution in [0.15, 0.2) is 24.3 Å². The fourth-order valence-electron chi connectivity index (χ4n) is 2.61. The van der Waals surface area contributed by atoms with Crippen LogP contribution in [0.1, 0.15) is 62.5 Å². The zero-order valence-corrected chi connectivity index (χ0v) is 14.2. The van der Waals surface area contributed by atoms with Gasteiger partial charge in [-0.1, -0.05) is 56.7 Å². The average Bonchev–Trinajstić information content (AvgIpc) is 2.52. The number of nitriles is 1. The summed E-state index contributed by atoms with van der Waals surface area (Å²) in [6, 6.07) is 5.87. The summed E-state index contributed by atoms with van der Waals surface area (Å²) in [7, 11) is 0. The van der Waals surface area contributed by atoms with Gasteiger partial charge < -0.3 is 0 Å². The summed E-state index contributed by atoms with van der Waals surface area (Å²) in [5.41, 5.74) is -0.0785. The lowest BCUT2D eigenvalue weighted by atomic mass is 10.00. The molecule has 0 heterocycles. The maximum atomic E-state index is 12.9. The number of halogens is 3. The Kier molecular flexibility index (Phi) is 9.86. The zero-order valence-electron chi connectivity index (χ0n) is 13.4. The van der Waals surface area contributed by atoms with Gasteiger partial charge in [0.25, 0.3) is 0 Å². The molecule has 0 fully saturated rings. The molecular formula is C18H24F3NS. The minimum absolute atomic E-state index is 0.412. The second-order valence-electron chi connectivity index (χ2n) is 5.67. The number of nitrogens with zero attached hydrogens (tertiary/aromatic N) is 1. The molecule has 0 saturated carbocycles. The van der Waals surface area contributed by atoms with Gasteiger partial charge in [-0.3, -0.25) is 0 Å². The van der Waals surface area contributed by atoms with Crippen molar-refractivity contribution < 1.29 is 13.2 Å². The van der Waals surface area contributed by atoms with Crippen LogP contribution in [0.4, 0.5) is 13.2 Å². The van der Waals surface area contributed by atoms with E-state index >= 15 is 0 Å². The largest absolute Gasteiger partial charge is 0.416 e. The highest BCUT2D eigenvalue weighted by molar-refractivity contribution is 8.03. The molecule has 0 saturated heterocycles. The topological polar surface area (TPSA) is 23.8 Å². The highest BCUT2D eigenvalue weighted by atomic mass is 32.2. The number of hydrogen-bond donors (Lipinski definition) is 0. The second-order valence-corrected chi connectivity index (χ2v) is 6.55. The molecule has 1 rings (SSSR count). The lowest BCUT2D eigenvalue weighted by Gasteiger charge is -2.12. The molecule has 0 bridgehead atoms. The maximum absolute atomic E-state index is 12.9. The van der Waals surface area contributed by atoms with E-state index in [1.807, 2.05) is 0 Å². The van der Waals surface area contributed by atoms with Crippen molar-refractivity contribution >= 4 is 11.8 Å². The molecule has 128 valence electrons. The molecule has 0 aliphatic heterocycles. The van der Waals surface area contributed by atoms with Crippen LogP contribution in [-0.2, 0) is 12.6 Å². The van der Waals surface area contributed by atoms with Crippen molar-refractivity contribution in [1.82, 2.24) is 0 Å². The van der Waals surface area contributed by atoms with Gasteiger partial charge >= 0.3 is 6.18 Å². The van der Waals surface area contributed by atoms with Crippen LogP contribution in [0.5, 0.6) is 0 Å². The quantitative estimate of drug-likeness (QED) is 0.334. The number of rotatable bonds is 11. The molecule has 0 N–H and O–H groups in total. The van der Waals surface area contributed by atoms with Crippen LogP contribution in [0, 0.1) is 10.7 Å². The van der Waals surface area contributed by atoms with E-state index in [1.165, 1.54) is 36.7 Å². The Balaban J connectivity index is 2.09. The number of aryl methyl sites for hydroxylation is 1. The van der Waals surface area contributed by atoms with E-state index in [0.29, 0.717) is 12.0 Å². The van der Waals surface area contributed by atoms with Gasteiger partial charge in [0.2, 0.25) is 0 Å². The summed E-state index contributed by atoms with van der Waals surface area (Å²) in [6.07, 6.45) is 4.89. The molecule has 23 heavy (non-hydrogen) atoms. The Morgan fingerprint density at radius 3 is 2.04 bits per heavy atom. The van der Waals surface area contributed by atoms with Crippen molar-refractivity contribution in [3.63, 3.8) is 0 Å². The molecule has 0 aromatic heterocycles. The summed E-state index contributed by atoms with van der Waals surface area (Å²) < 4.78 is 38.6.